The van der Waals surface area contributed by atoms with Gasteiger partial charge in [-0.2, -0.15) is 9.78 Å². The number of benzene rings is 1. The molecule has 1 aliphatic rings. The molecule has 4 nitrogen and oxygen atoms in total. The summed E-state index contributed by atoms with van der Waals surface area (Å²) in [4.78, 5) is 0. The second-order valence-electron chi connectivity index (χ2n) is 5.88. The molecular weight excluding hydrogens is 360 g/mol. The first kappa shape index (κ1) is 17.2. The van der Waals surface area contributed by atoms with Crippen molar-refractivity contribution in [2.75, 3.05) is 0 Å². The summed E-state index contributed by atoms with van der Waals surface area (Å²) in [7, 11) is 0. The summed E-state index contributed by atoms with van der Waals surface area (Å²) < 4.78 is 1.84. The second-order valence-corrected chi connectivity index (χ2v) is 7.19. The van der Waals surface area contributed by atoms with Crippen LogP contribution in [0.15, 0.2) is 34.5 Å². The Bertz CT molecular complexity index is 676. The molecule has 1 aromatic carbocycles. The maximum Gasteiger partial charge on any atom is 0.212 e. The van der Waals surface area contributed by atoms with Crippen LogP contribution in [0.25, 0.3) is 0 Å². The highest BCUT2D eigenvalue weighted by atomic mass is 79.9. The fourth-order valence-electron chi connectivity index (χ4n) is 2.51. The molecule has 0 radical (unpaired) electrons. The SMILES string of the molecule is Br.Cc1nnc2n1N=C(c1ccc(CC(C)C)cc1)C(C)S2. The average molecular weight is 381 g/mol. The molecule has 0 aliphatic carbocycles. The zero-order chi connectivity index (χ0) is 15.0. The van der Waals surface area contributed by atoms with Crippen LogP contribution >= 0.6 is 28.7 Å². The highest BCUT2D eigenvalue weighted by Gasteiger charge is 2.24. The van der Waals surface area contributed by atoms with Gasteiger partial charge < -0.3 is 0 Å². The fourth-order valence-corrected chi connectivity index (χ4v) is 3.48. The predicted octanol–water partition coefficient (Wildman–Crippen LogP) is 4.11. The van der Waals surface area contributed by atoms with Crippen molar-refractivity contribution in [1.82, 2.24) is 14.9 Å². The minimum absolute atomic E-state index is 0. The van der Waals surface area contributed by atoms with Gasteiger partial charge in [0.15, 0.2) is 5.82 Å². The molecule has 2 aromatic rings. The summed E-state index contributed by atoms with van der Waals surface area (Å²) in [5, 5.41) is 14.1. The number of halogens is 1. The molecular formula is C16H21BrN4S. The summed E-state index contributed by atoms with van der Waals surface area (Å²) in [5.74, 6) is 1.51. The van der Waals surface area contributed by atoms with E-state index in [0.29, 0.717) is 5.92 Å². The molecule has 0 saturated carbocycles. The van der Waals surface area contributed by atoms with Crippen LogP contribution in [0.4, 0.5) is 0 Å². The smallest absolute Gasteiger partial charge is 0.191 e. The molecule has 1 aromatic heterocycles. The lowest BCUT2D eigenvalue weighted by atomic mass is 10.00. The first-order chi connectivity index (χ1) is 10.0. The predicted molar refractivity (Wildman–Crippen MR) is 97.3 cm³/mol. The molecule has 0 fully saturated rings. The van der Waals surface area contributed by atoms with E-state index < -0.39 is 0 Å². The number of hydrogen-bond acceptors (Lipinski definition) is 4. The van der Waals surface area contributed by atoms with Crippen molar-refractivity contribution in [3.63, 3.8) is 0 Å². The molecule has 3 rings (SSSR count). The van der Waals surface area contributed by atoms with Crippen LogP contribution in [0.2, 0.25) is 0 Å². The number of fused-ring (bicyclic) bond motifs is 1. The number of thioether (sulfide) groups is 1. The van der Waals surface area contributed by atoms with Crippen molar-refractivity contribution in [1.29, 1.82) is 0 Å². The summed E-state index contributed by atoms with van der Waals surface area (Å²) in [6, 6.07) is 8.78. The lowest BCUT2D eigenvalue weighted by molar-refractivity contribution is 0.647. The molecule has 118 valence electrons. The van der Waals surface area contributed by atoms with Crippen molar-refractivity contribution in [2.24, 2.45) is 11.0 Å². The Labute approximate surface area is 146 Å². The van der Waals surface area contributed by atoms with Gasteiger partial charge in [0.1, 0.15) is 0 Å². The molecule has 0 bridgehead atoms. The zero-order valence-corrected chi connectivity index (χ0v) is 15.8. The summed E-state index contributed by atoms with van der Waals surface area (Å²) >= 11 is 1.71. The van der Waals surface area contributed by atoms with E-state index in [1.54, 1.807) is 11.8 Å². The molecule has 1 aliphatic heterocycles. The van der Waals surface area contributed by atoms with E-state index in [1.165, 1.54) is 11.1 Å². The van der Waals surface area contributed by atoms with E-state index in [0.717, 1.165) is 23.1 Å². The van der Waals surface area contributed by atoms with Gasteiger partial charge in [-0.3, -0.25) is 0 Å². The van der Waals surface area contributed by atoms with E-state index in [4.69, 9.17) is 5.10 Å². The number of nitrogens with zero attached hydrogens (tertiary/aromatic N) is 4. The molecule has 0 amide bonds. The molecule has 0 spiro atoms. The summed E-state index contributed by atoms with van der Waals surface area (Å²) in [5.41, 5.74) is 3.65. The topological polar surface area (TPSA) is 43.1 Å². The van der Waals surface area contributed by atoms with Crippen LogP contribution in [-0.2, 0) is 6.42 Å². The third-order valence-electron chi connectivity index (χ3n) is 3.54. The quantitative estimate of drug-likeness (QED) is 0.804. The van der Waals surface area contributed by atoms with Crippen LogP contribution in [-0.4, -0.2) is 25.8 Å². The molecule has 2 heterocycles. The Kier molecular flexibility index (Phi) is 5.45. The Balaban J connectivity index is 0.00000176. The van der Waals surface area contributed by atoms with Gasteiger partial charge in [0, 0.05) is 0 Å². The zero-order valence-electron chi connectivity index (χ0n) is 13.3. The van der Waals surface area contributed by atoms with Crippen molar-refractivity contribution in [2.45, 2.75) is 44.5 Å². The summed E-state index contributed by atoms with van der Waals surface area (Å²) in [6.07, 6.45) is 1.12. The van der Waals surface area contributed by atoms with Crippen LogP contribution < -0.4 is 0 Å². The third kappa shape index (κ3) is 3.43. The number of aryl methyl sites for hydroxylation is 1. The first-order valence-corrected chi connectivity index (χ1v) is 8.19. The average Bonchev–Trinajstić information content (AvgIpc) is 2.79. The molecule has 1 unspecified atom stereocenters. The van der Waals surface area contributed by atoms with Crippen molar-refractivity contribution in [3.05, 3.63) is 41.2 Å². The minimum Gasteiger partial charge on any atom is -0.191 e. The largest absolute Gasteiger partial charge is 0.212 e. The van der Waals surface area contributed by atoms with Gasteiger partial charge in [0.25, 0.3) is 0 Å². The Hall–Kier alpha value is -1.14. The molecule has 22 heavy (non-hydrogen) atoms. The van der Waals surface area contributed by atoms with Gasteiger partial charge in [-0.15, -0.1) is 27.2 Å². The highest BCUT2D eigenvalue weighted by molar-refractivity contribution is 8.93. The third-order valence-corrected chi connectivity index (χ3v) is 4.58. The Morgan fingerprint density at radius 2 is 1.86 bits per heavy atom. The van der Waals surface area contributed by atoms with E-state index in [2.05, 4.69) is 55.2 Å². The van der Waals surface area contributed by atoms with Crippen molar-refractivity contribution in [3.8, 4) is 0 Å². The maximum absolute atomic E-state index is 4.73. The van der Waals surface area contributed by atoms with Crippen molar-refractivity contribution >= 4 is 34.5 Å². The lowest BCUT2D eigenvalue weighted by Crippen LogP contribution is -2.21. The molecule has 6 heteroatoms. The van der Waals surface area contributed by atoms with Gasteiger partial charge in [-0.1, -0.05) is 49.9 Å². The number of aromatic nitrogens is 3. The molecule has 1 atom stereocenters. The van der Waals surface area contributed by atoms with E-state index in [9.17, 15) is 0 Å². The fraction of sp³-hybridized carbons (Fsp3) is 0.438. The standard InChI is InChI=1S/C16H20N4S.BrH/c1-10(2)9-13-5-7-14(8-6-13)15-11(3)21-16-18-17-12(4)20(16)19-15;/h5-8,10-11H,9H2,1-4H3;1H. The van der Waals surface area contributed by atoms with Gasteiger partial charge in [0.05, 0.1) is 11.0 Å². The van der Waals surface area contributed by atoms with Gasteiger partial charge in [0.2, 0.25) is 5.16 Å². The van der Waals surface area contributed by atoms with Gasteiger partial charge in [-0.05, 0) is 37.3 Å². The van der Waals surface area contributed by atoms with Crippen LogP contribution in [0.5, 0.6) is 0 Å². The molecule has 0 N–H and O–H groups in total. The second kappa shape index (κ2) is 6.96. The summed E-state index contributed by atoms with van der Waals surface area (Å²) in [6.45, 7) is 8.58. The van der Waals surface area contributed by atoms with E-state index in [-0.39, 0.29) is 22.2 Å². The van der Waals surface area contributed by atoms with Crippen molar-refractivity contribution < 1.29 is 0 Å². The number of hydrogen-bond donors (Lipinski definition) is 0. The van der Waals surface area contributed by atoms with Gasteiger partial charge in [-0.25, -0.2) is 0 Å². The van der Waals surface area contributed by atoms with Crippen LogP contribution in [0.1, 0.15) is 37.7 Å². The first-order valence-electron chi connectivity index (χ1n) is 7.31. The molecule has 0 saturated heterocycles. The monoisotopic (exact) mass is 380 g/mol. The van der Waals surface area contributed by atoms with Gasteiger partial charge >= 0.3 is 0 Å². The Morgan fingerprint density at radius 3 is 2.50 bits per heavy atom. The maximum atomic E-state index is 4.73. The normalized spacial score (nSPS) is 17.0. The van der Waals surface area contributed by atoms with Crippen LogP contribution in [0, 0.1) is 12.8 Å². The minimum atomic E-state index is 0. The number of rotatable bonds is 3. The lowest BCUT2D eigenvalue weighted by Gasteiger charge is -2.19. The highest BCUT2D eigenvalue weighted by Crippen LogP contribution is 2.29. The Morgan fingerprint density at radius 1 is 1.18 bits per heavy atom. The van der Waals surface area contributed by atoms with E-state index >= 15 is 0 Å². The van der Waals surface area contributed by atoms with Crippen LogP contribution in [0.3, 0.4) is 0 Å². The van der Waals surface area contributed by atoms with E-state index in [1.807, 2.05) is 11.6 Å².